The average Bonchev–Trinajstić information content (AvgIpc) is 3.47. The molecular weight excluding hydrogens is 312 g/mol. The van der Waals surface area contributed by atoms with E-state index in [0.717, 1.165) is 37.9 Å². The van der Waals surface area contributed by atoms with E-state index in [1.165, 1.54) is 51.4 Å². The van der Waals surface area contributed by atoms with E-state index in [1.807, 2.05) is 0 Å². The van der Waals surface area contributed by atoms with Crippen LogP contribution in [-0.4, -0.2) is 37.6 Å². The van der Waals surface area contributed by atoms with Crippen LogP contribution < -0.4 is 0 Å². The zero-order valence-corrected chi connectivity index (χ0v) is 17.2. The van der Waals surface area contributed by atoms with Crippen molar-refractivity contribution in [3.05, 3.63) is 0 Å². The van der Waals surface area contributed by atoms with Crippen LogP contribution in [0.5, 0.6) is 0 Å². The standard InChI is InChI=1S/C22H42O3/c1-5-7-9-11-17(3)13-19(21-15-23-21)25-20(22-16-24-22)14-18(4)12-10-8-6-2/h17-22H,5-16H2,1-4H3. The number of ether oxygens (including phenoxy) is 3. The Morgan fingerprint density at radius 1 is 0.760 bits per heavy atom. The molecule has 6 unspecified atom stereocenters. The Kier molecular flexibility index (Phi) is 9.80. The number of epoxide rings is 2. The van der Waals surface area contributed by atoms with Gasteiger partial charge in [-0.15, -0.1) is 0 Å². The molecule has 2 aliphatic heterocycles. The molecule has 148 valence electrons. The Morgan fingerprint density at radius 3 is 1.48 bits per heavy atom. The van der Waals surface area contributed by atoms with Crippen LogP contribution in [0.25, 0.3) is 0 Å². The van der Waals surface area contributed by atoms with E-state index in [-0.39, 0.29) is 12.2 Å². The van der Waals surface area contributed by atoms with Crippen molar-refractivity contribution in [1.82, 2.24) is 0 Å². The lowest BCUT2D eigenvalue weighted by atomic mass is 9.94. The van der Waals surface area contributed by atoms with Gasteiger partial charge in [0.15, 0.2) is 0 Å². The van der Waals surface area contributed by atoms with E-state index >= 15 is 0 Å². The maximum absolute atomic E-state index is 6.60. The van der Waals surface area contributed by atoms with Crippen molar-refractivity contribution in [1.29, 1.82) is 0 Å². The van der Waals surface area contributed by atoms with Gasteiger partial charge in [-0.25, -0.2) is 0 Å². The first-order chi connectivity index (χ1) is 12.1. The van der Waals surface area contributed by atoms with Crippen molar-refractivity contribution in [2.24, 2.45) is 11.8 Å². The van der Waals surface area contributed by atoms with Gasteiger partial charge in [0.05, 0.1) is 25.4 Å². The minimum absolute atomic E-state index is 0.272. The van der Waals surface area contributed by atoms with Crippen LogP contribution in [0.1, 0.15) is 91.9 Å². The molecule has 2 rings (SSSR count). The quantitative estimate of drug-likeness (QED) is 0.261. The maximum Gasteiger partial charge on any atom is 0.107 e. The fourth-order valence-corrected chi connectivity index (χ4v) is 3.87. The van der Waals surface area contributed by atoms with Gasteiger partial charge in [0, 0.05) is 0 Å². The third-order valence-corrected chi connectivity index (χ3v) is 5.77. The first kappa shape index (κ1) is 21.2. The van der Waals surface area contributed by atoms with Crippen LogP contribution >= 0.6 is 0 Å². The molecule has 0 aromatic heterocycles. The molecular formula is C22H42O3. The molecule has 6 atom stereocenters. The summed E-state index contributed by atoms with van der Waals surface area (Å²) in [6, 6.07) is 0. The maximum atomic E-state index is 6.60. The Hall–Kier alpha value is -0.120. The van der Waals surface area contributed by atoms with Crippen molar-refractivity contribution < 1.29 is 14.2 Å². The summed E-state index contributed by atoms with van der Waals surface area (Å²) in [6.07, 6.45) is 14.1. The molecule has 3 heteroatoms. The van der Waals surface area contributed by atoms with Gasteiger partial charge < -0.3 is 14.2 Å². The smallest absolute Gasteiger partial charge is 0.107 e. The fourth-order valence-electron chi connectivity index (χ4n) is 3.87. The van der Waals surface area contributed by atoms with Crippen LogP contribution in [0.2, 0.25) is 0 Å². The third-order valence-electron chi connectivity index (χ3n) is 5.77. The largest absolute Gasteiger partial charge is 0.370 e. The predicted octanol–water partition coefficient (Wildman–Crippen LogP) is 5.75. The van der Waals surface area contributed by atoms with Crippen molar-refractivity contribution in [3.63, 3.8) is 0 Å². The van der Waals surface area contributed by atoms with E-state index in [0.29, 0.717) is 12.2 Å². The molecule has 0 N–H and O–H groups in total. The van der Waals surface area contributed by atoms with E-state index in [9.17, 15) is 0 Å². The molecule has 0 bridgehead atoms. The van der Waals surface area contributed by atoms with Crippen molar-refractivity contribution in [2.45, 2.75) is 116 Å². The van der Waals surface area contributed by atoms with Crippen LogP contribution in [0, 0.1) is 11.8 Å². The summed E-state index contributed by atoms with van der Waals surface area (Å²) >= 11 is 0. The van der Waals surface area contributed by atoms with Crippen molar-refractivity contribution >= 4 is 0 Å². The van der Waals surface area contributed by atoms with Gasteiger partial charge in [0.1, 0.15) is 12.2 Å². The first-order valence-electron chi connectivity index (χ1n) is 11.0. The van der Waals surface area contributed by atoms with Crippen LogP contribution in [-0.2, 0) is 14.2 Å². The molecule has 2 heterocycles. The lowest BCUT2D eigenvalue weighted by Crippen LogP contribution is -2.33. The zero-order chi connectivity index (χ0) is 18.1. The highest BCUT2D eigenvalue weighted by atomic mass is 16.6. The monoisotopic (exact) mass is 354 g/mol. The highest BCUT2D eigenvalue weighted by Gasteiger charge is 2.41. The van der Waals surface area contributed by atoms with Gasteiger partial charge in [-0.2, -0.15) is 0 Å². The summed E-state index contributed by atoms with van der Waals surface area (Å²) in [4.78, 5) is 0. The average molecular weight is 355 g/mol. The molecule has 0 aromatic carbocycles. The molecule has 0 aliphatic carbocycles. The Labute approximate surface area is 156 Å². The molecule has 25 heavy (non-hydrogen) atoms. The summed E-state index contributed by atoms with van der Waals surface area (Å²) in [5.74, 6) is 1.45. The highest BCUT2D eigenvalue weighted by molar-refractivity contribution is 4.87. The van der Waals surface area contributed by atoms with Crippen molar-refractivity contribution in [2.75, 3.05) is 13.2 Å². The molecule has 2 saturated heterocycles. The summed E-state index contributed by atoms with van der Waals surface area (Å²) in [5.41, 5.74) is 0. The van der Waals surface area contributed by atoms with Gasteiger partial charge in [0.25, 0.3) is 0 Å². The lowest BCUT2D eigenvalue weighted by Gasteiger charge is -2.27. The van der Waals surface area contributed by atoms with Gasteiger partial charge in [0.2, 0.25) is 0 Å². The van der Waals surface area contributed by atoms with Gasteiger partial charge in [-0.05, 0) is 24.7 Å². The highest BCUT2D eigenvalue weighted by Crippen LogP contribution is 2.32. The third kappa shape index (κ3) is 8.88. The second-order valence-electron chi connectivity index (χ2n) is 8.63. The molecule has 0 spiro atoms. The fraction of sp³-hybridized carbons (Fsp3) is 1.00. The Bertz CT molecular complexity index is 306. The van der Waals surface area contributed by atoms with Crippen molar-refractivity contribution in [3.8, 4) is 0 Å². The zero-order valence-electron chi connectivity index (χ0n) is 17.2. The Morgan fingerprint density at radius 2 is 1.16 bits per heavy atom. The molecule has 2 fully saturated rings. The van der Waals surface area contributed by atoms with E-state index < -0.39 is 0 Å². The number of rotatable bonds is 16. The number of hydrogen-bond donors (Lipinski definition) is 0. The van der Waals surface area contributed by atoms with Gasteiger partial charge in [-0.1, -0.05) is 79.1 Å². The molecule has 3 nitrogen and oxygen atoms in total. The molecule has 0 saturated carbocycles. The minimum atomic E-state index is 0.272. The number of unbranched alkanes of at least 4 members (excludes halogenated alkanes) is 4. The predicted molar refractivity (Wildman–Crippen MR) is 104 cm³/mol. The van der Waals surface area contributed by atoms with Gasteiger partial charge in [-0.3, -0.25) is 0 Å². The van der Waals surface area contributed by atoms with Crippen LogP contribution in [0.15, 0.2) is 0 Å². The van der Waals surface area contributed by atoms with E-state index in [1.54, 1.807) is 0 Å². The summed E-state index contributed by atoms with van der Waals surface area (Å²) < 4.78 is 17.8. The Balaban J connectivity index is 1.76. The SMILES string of the molecule is CCCCCC(C)CC(OC(CC(C)CCCCC)C1CO1)C1CO1. The second-order valence-corrected chi connectivity index (χ2v) is 8.63. The minimum Gasteiger partial charge on any atom is -0.370 e. The van der Waals surface area contributed by atoms with Crippen LogP contribution in [0.3, 0.4) is 0 Å². The topological polar surface area (TPSA) is 34.3 Å². The molecule has 2 aliphatic rings. The molecule has 0 amide bonds. The van der Waals surface area contributed by atoms with Crippen LogP contribution in [0.4, 0.5) is 0 Å². The first-order valence-corrected chi connectivity index (χ1v) is 11.0. The second kappa shape index (κ2) is 11.6. The summed E-state index contributed by atoms with van der Waals surface area (Å²) in [5, 5.41) is 0. The van der Waals surface area contributed by atoms with E-state index in [2.05, 4.69) is 27.7 Å². The molecule has 0 radical (unpaired) electrons. The summed E-state index contributed by atoms with van der Waals surface area (Å²) in [6.45, 7) is 11.1. The lowest BCUT2D eigenvalue weighted by molar-refractivity contribution is -0.0570. The number of hydrogen-bond acceptors (Lipinski definition) is 3. The summed E-state index contributed by atoms with van der Waals surface area (Å²) in [7, 11) is 0. The van der Waals surface area contributed by atoms with E-state index in [4.69, 9.17) is 14.2 Å². The van der Waals surface area contributed by atoms with Gasteiger partial charge >= 0.3 is 0 Å². The molecule has 0 aromatic rings. The normalized spacial score (nSPS) is 26.9.